The zero-order valence-electron chi connectivity index (χ0n) is 11.1. The predicted molar refractivity (Wildman–Crippen MR) is 76.4 cm³/mol. The number of nitrogens with zero attached hydrogens (tertiary/aromatic N) is 1. The Morgan fingerprint density at radius 2 is 2.00 bits per heavy atom. The van der Waals surface area contributed by atoms with Gasteiger partial charge >= 0.3 is 0 Å². The van der Waals surface area contributed by atoms with Gasteiger partial charge in [-0.1, -0.05) is 30.3 Å². The van der Waals surface area contributed by atoms with Crippen molar-refractivity contribution in [2.75, 3.05) is 0 Å². The number of benzene rings is 2. The summed E-state index contributed by atoms with van der Waals surface area (Å²) in [5, 5.41) is 2.89. The van der Waals surface area contributed by atoms with E-state index >= 15 is 0 Å². The van der Waals surface area contributed by atoms with E-state index in [0.717, 1.165) is 5.56 Å². The molecule has 1 aromatic heterocycles. The molecule has 0 bridgehead atoms. The summed E-state index contributed by atoms with van der Waals surface area (Å²) in [7, 11) is 0. The molecule has 1 heterocycles. The zero-order valence-corrected chi connectivity index (χ0v) is 11.1. The fourth-order valence-corrected chi connectivity index (χ4v) is 2.06. The number of hydrogen-bond acceptors (Lipinski definition) is 3. The smallest absolute Gasteiger partial charge is 0.251 e. The predicted octanol–water partition coefficient (Wildman–Crippen LogP) is 3.07. The molecule has 2 aromatic carbocycles. The van der Waals surface area contributed by atoms with Crippen LogP contribution in [0.4, 0.5) is 0 Å². The highest BCUT2D eigenvalue weighted by molar-refractivity contribution is 5.97. The van der Waals surface area contributed by atoms with E-state index < -0.39 is 0 Å². The third-order valence-electron chi connectivity index (χ3n) is 3.05. The Bertz CT molecular complexity index is 748. The van der Waals surface area contributed by atoms with Crippen LogP contribution in [-0.2, 0) is 6.54 Å². The second kappa shape index (κ2) is 5.17. The largest absolute Gasteiger partial charge is 0.441 e. The molecule has 1 N–H and O–H groups in total. The Morgan fingerprint density at radius 1 is 1.20 bits per heavy atom. The molecule has 0 fully saturated rings. The second-order valence-electron chi connectivity index (χ2n) is 4.58. The topological polar surface area (TPSA) is 55.1 Å². The lowest BCUT2D eigenvalue weighted by Crippen LogP contribution is -2.22. The molecule has 0 saturated heterocycles. The molecule has 3 rings (SSSR count). The third kappa shape index (κ3) is 2.54. The van der Waals surface area contributed by atoms with Crippen molar-refractivity contribution in [3.8, 4) is 0 Å². The van der Waals surface area contributed by atoms with Gasteiger partial charge in [0.15, 0.2) is 11.5 Å². The van der Waals surface area contributed by atoms with Crippen LogP contribution >= 0.6 is 0 Å². The van der Waals surface area contributed by atoms with Crippen molar-refractivity contribution < 1.29 is 9.21 Å². The second-order valence-corrected chi connectivity index (χ2v) is 4.58. The maximum Gasteiger partial charge on any atom is 0.251 e. The highest BCUT2D eigenvalue weighted by Gasteiger charge is 2.09. The molecule has 0 atom stereocenters. The van der Waals surface area contributed by atoms with Gasteiger partial charge in [0.25, 0.3) is 5.91 Å². The molecule has 4 heteroatoms. The number of carbonyl (C=O) groups is 1. The van der Waals surface area contributed by atoms with Crippen LogP contribution in [0.15, 0.2) is 52.9 Å². The highest BCUT2D eigenvalue weighted by atomic mass is 16.3. The van der Waals surface area contributed by atoms with E-state index in [4.69, 9.17) is 4.42 Å². The first-order valence-corrected chi connectivity index (χ1v) is 6.42. The molecule has 4 nitrogen and oxygen atoms in total. The van der Waals surface area contributed by atoms with E-state index in [1.165, 1.54) is 0 Å². The lowest BCUT2D eigenvalue weighted by Gasteiger charge is -2.05. The molecule has 20 heavy (non-hydrogen) atoms. The van der Waals surface area contributed by atoms with E-state index in [0.29, 0.717) is 29.1 Å². The Morgan fingerprint density at radius 3 is 2.80 bits per heavy atom. The van der Waals surface area contributed by atoms with Gasteiger partial charge < -0.3 is 9.73 Å². The average molecular weight is 266 g/mol. The molecule has 0 aliphatic carbocycles. The standard InChI is InChI=1S/C16H14N2O2/c1-11-18-14-9-13(7-8-15(14)20-11)16(19)17-10-12-5-3-2-4-6-12/h2-9H,10H2,1H3,(H,17,19). The number of fused-ring (bicyclic) bond motifs is 1. The van der Waals surface area contributed by atoms with Crippen molar-refractivity contribution in [3.05, 3.63) is 65.5 Å². The van der Waals surface area contributed by atoms with Crippen LogP contribution in [0.2, 0.25) is 0 Å². The number of carbonyl (C=O) groups excluding carboxylic acids is 1. The maximum absolute atomic E-state index is 12.1. The highest BCUT2D eigenvalue weighted by Crippen LogP contribution is 2.16. The number of amides is 1. The van der Waals surface area contributed by atoms with Crippen molar-refractivity contribution in [1.82, 2.24) is 10.3 Å². The van der Waals surface area contributed by atoms with Gasteiger partial charge in [-0.15, -0.1) is 0 Å². The van der Waals surface area contributed by atoms with Crippen molar-refractivity contribution in [2.24, 2.45) is 0 Å². The van der Waals surface area contributed by atoms with Crippen molar-refractivity contribution in [2.45, 2.75) is 13.5 Å². The molecule has 0 saturated carbocycles. The molecule has 1 amide bonds. The van der Waals surface area contributed by atoms with Crippen molar-refractivity contribution >= 4 is 17.0 Å². The summed E-state index contributed by atoms with van der Waals surface area (Å²) in [4.78, 5) is 16.3. The summed E-state index contributed by atoms with van der Waals surface area (Å²) in [5.41, 5.74) is 3.05. The molecule has 0 aliphatic heterocycles. The van der Waals surface area contributed by atoms with Gasteiger partial charge in [0.05, 0.1) is 0 Å². The van der Waals surface area contributed by atoms with E-state index in [1.807, 2.05) is 30.3 Å². The normalized spacial score (nSPS) is 10.7. The quantitative estimate of drug-likeness (QED) is 0.792. The van der Waals surface area contributed by atoms with E-state index in [2.05, 4.69) is 10.3 Å². The van der Waals surface area contributed by atoms with Crippen molar-refractivity contribution in [1.29, 1.82) is 0 Å². The Labute approximate surface area is 116 Å². The molecular formula is C16H14N2O2. The summed E-state index contributed by atoms with van der Waals surface area (Å²) in [6, 6.07) is 15.1. The summed E-state index contributed by atoms with van der Waals surface area (Å²) < 4.78 is 5.39. The van der Waals surface area contributed by atoms with Crippen LogP contribution in [0.3, 0.4) is 0 Å². The van der Waals surface area contributed by atoms with Gasteiger partial charge in [0.2, 0.25) is 0 Å². The minimum absolute atomic E-state index is 0.114. The monoisotopic (exact) mass is 266 g/mol. The van der Waals surface area contributed by atoms with Crippen LogP contribution in [0.1, 0.15) is 21.8 Å². The molecule has 0 radical (unpaired) electrons. The summed E-state index contributed by atoms with van der Waals surface area (Å²) in [6.07, 6.45) is 0. The first-order valence-electron chi connectivity index (χ1n) is 6.42. The lowest BCUT2D eigenvalue weighted by atomic mass is 10.2. The summed E-state index contributed by atoms with van der Waals surface area (Å²) in [6.45, 7) is 2.30. The number of rotatable bonds is 3. The Kier molecular flexibility index (Phi) is 3.21. The van der Waals surface area contributed by atoms with Gasteiger partial charge in [-0.05, 0) is 23.8 Å². The van der Waals surface area contributed by atoms with Crippen LogP contribution in [0.5, 0.6) is 0 Å². The number of oxazole rings is 1. The molecule has 0 unspecified atom stereocenters. The van der Waals surface area contributed by atoms with Gasteiger partial charge in [-0.25, -0.2) is 4.98 Å². The van der Waals surface area contributed by atoms with E-state index in [-0.39, 0.29) is 5.91 Å². The molecular weight excluding hydrogens is 252 g/mol. The fraction of sp³-hybridized carbons (Fsp3) is 0.125. The van der Waals surface area contributed by atoms with E-state index in [9.17, 15) is 4.79 Å². The van der Waals surface area contributed by atoms with Gasteiger partial charge in [-0.3, -0.25) is 4.79 Å². The van der Waals surface area contributed by atoms with Gasteiger partial charge in [0.1, 0.15) is 5.52 Å². The molecule has 100 valence electrons. The molecule has 3 aromatic rings. The van der Waals surface area contributed by atoms with Crippen LogP contribution in [0.25, 0.3) is 11.1 Å². The van der Waals surface area contributed by atoms with Crippen LogP contribution in [0, 0.1) is 6.92 Å². The van der Waals surface area contributed by atoms with Crippen molar-refractivity contribution in [3.63, 3.8) is 0 Å². The first kappa shape index (κ1) is 12.4. The first-order chi connectivity index (χ1) is 9.72. The number of hydrogen-bond donors (Lipinski definition) is 1. The minimum atomic E-state index is -0.114. The minimum Gasteiger partial charge on any atom is -0.441 e. The number of nitrogens with one attached hydrogen (secondary N) is 1. The average Bonchev–Trinajstić information content (AvgIpc) is 2.85. The Hall–Kier alpha value is -2.62. The fourth-order valence-electron chi connectivity index (χ4n) is 2.06. The van der Waals surface area contributed by atoms with Crippen LogP contribution in [-0.4, -0.2) is 10.9 Å². The molecule has 0 spiro atoms. The SMILES string of the molecule is Cc1nc2cc(C(=O)NCc3ccccc3)ccc2o1. The summed E-state index contributed by atoms with van der Waals surface area (Å²) in [5.74, 6) is 0.484. The third-order valence-corrected chi connectivity index (χ3v) is 3.05. The zero-order chi connectivity index (χ0) is 13.9. The Balaban J connectivity index is 1.75. The summed E-state index contributed by atoms with van der Waals surface area (Å²) >= 11 is 0. The van der Waals surface area contributed by atoms with Gasteiger partial charge in [0, 0.05) is 19.0 Å². The van der Waals surface area contributed by atoms with Crippen LogP contribution < -0.4 is 5.32 Å². The number of aromatic nitrogens is 1. The number of aryl methyl sites for hydroxylation is 1. The van der Waals surface area contributed by atoms with Gasteiger partial charge in [-0.2, -0.15) is 0 Å². The lowest BCUT2D eigenvalue weighted by molar-refractivity contribution is 0.0951. The molecule has 0 aliphatic rings. The van der Waals surface area contributed by atoms with E-state index in [1.54, 1.807) is 25.1 Å². The maximum atomic E-state index is 12.1.